The maximum absolute atomic E-state index is 12.2. The van der Waals surface area contributed by atoms with Crippen molar-refractivity contribution in [3.05, 3.63) is 54.0 Å². The third-order valence-electron chi connectivity index (χ3n) is 2.86. The number of sulfone groups is 1. The highest BCUT2D eigenvalue weighted by Gasteiger charge is 2.18. The average molecular weight is 307 g/mol. The van der Waals surface area contributed by atoms with Gasteiger partial charge in [0.15, 0.2) is 15.6 Å². The van der Waals surface area contributed by atoms with Gasteiger partial charge in [0.25, 0.3) is 5.91 Å². The van der Waals surface area contributed by atoms with E-state index in [0.717, 1.165) is 6.42 Å². The first-order valence-electron chi connectivity index (χ1n) is 6.67. The summed E-state index contributed by atoms with van der Waals surface area (Å²) in [6, 6.07) is 11.2. The summed E-state index contributed by atoms with van der Waals surface area (Å²) >= 11 is 0. The lowest BCUT2D eigenvalue weighted by Crippen LogP contribution is -2.23. The van der Waals surface area contributed by atoms with Crippen LogP contribution in [0.25, 0.3) is 0 Å². The van der Waals surface area contributed by atoms with Crippen LogP contribution in [-0.4, -0.2) is 20.9 Å². The standard InChI is InChI=1S/C15H17NO4S/c1-2-10-16-15(17)14-9-8-12(20-14)11-21(18,19)13-6-4-3-5-7-13/h3-9H,2,10-11H2,1H3,(H,16,17). The molecule has 0 unspecified atom stereocenters. The number of nitrogens with one attached hydrogen (secondary N) is 1. The van der Waals surface area contributed by atoms with Gasteiger partial charge in [-0.3, -0.25) is 4.79 Å². The highest BCUT2D eigenvalue weighted by molar-refractivity contribution is 7.90. The second-order valence-corrected chi connectivity index (χ2v) is 6.58. The van der Waals surface area contributed by atoms with Crippen molar-refractivity contribution in [3.63, 3.8) is 0 Å². The van der Waals surface area contributed by atoms with Crippen LogP contribution in [0.1, 0.15) is 29.7 Å². The van der Waals surface area contributed by atoms with Gasteiger partial charge in [-0.2, -0.15) is 0 Å². The fourth-order valence-electron chi connectivity index (χ4n) is 1.80. The Morgan fingerprint density at radius 3 is 2.52 bits per heavy atom. The first-order chi connectivity index (χ1) is 10.0. The molecule has 1 amide bonds. The minimum atomic E-state index is -3.47. The molecule has 6 heteroatoms. The van der Waals surface area contributed by atoms with Crippen LogP contribution >= 0.6 is 0 Å². The molecule has 0 fully saturated rings. The Morgan fingerprint density at radius 1 is 1.14 bits per heavy atom. The Labute approximate surface area is 123 Å². The molecule has 1 aromatic heterocycles. The Morgan fingerprint density at radius 2 is 1.86 bits per heavy atom. The molecule has 21 heavy (non-hydrogen) atoms. The van der Waals surface area contributed by atoms with E-state index in [1.807, 2.05) is 6.92 Å². The third-order valence-corrected chi connectivity index (χ3v) is 4.51. The summed E-state index contributed by atoms with van der Waals surface area (Å²) in [5.41, 5.74) is 0. The molecule has 0 bridgehead atoms. The minimum absolute atomic E-state index is 0.127. The maximum atomic E-state index is 12.2. The number of benzene rings is 1. The van der Waals surface area contributed by atoms with Gasteiger partial charge < -0.3 is 9.73 Å². The van der Waals surface area contributed by atoms with E-state index in [2.05, 4.69) is 5.32 Å². The molecule has 0 atom stereocenters. The summed E-state index contributed by atoms with van der Waals surface area (Å²) in [4.78, 5) is 11.9. The van der Waals surface area contributed by atoms with Crippen LogP contribution in [-0.2, 0) is 15.6 Å². The van der Waals surface area contributed by atoms with Gasteiger partial charge in [-0.15, -0.1) is 0 Å². The second-order valence-electron chi connectivity index (χ2n) is 4.59. The Hall–Kier alpha value is -2.08. The van der Waals surface area contributed by atoms with Gasteiger partial charge in [0.2, 0.25) is 0 Å². The van der Waals surface area contributed by atoms with Gasteiger partial charge >= 0.3 is 0 Å². The second kappa shape index (κ2) is 6.58. The molecule has 0 aliphatic carbocycles. The van der Waals surface area contributed by atoms with Crippen molar-refractivity contribution in [2.45, 2.75) is 24.0 Å². The lowest BCUT2D eigenvalue weighted by Gasteiger charge is -2.02. The zero-order valence-electron chi connectivity index (χ0n) is 11.7. The van der Waals surface area contributed by atoms with Gasteiger partial charge in [-0.1, -0.05) is 25.1 Å². The normalized spacial score (nSPS) is 11.3. The van der Waals surface area contributed by atoms with Crippen molar-refractivity contribution >= 4 is 15.7 Å². The molecular formula is C15H17NO4S. The summed E-state index contributed by atoms with van der Waals surface area (Å²) in [6.45, 7) is 2.50. The average Bonchev–Trinajstić information content (AvgIpc) is 2.93. The Kier molecular flexibility index (Phi) is 4.80. The lowest BCUT2D eigenvalue weighted by molar-refractivity contribution is 0.0924. The highest BCUT2D eigenvalue weighted by atomic mass is 32.2. The fourth-order valence-corrected chi connectivity index (χ4v) is 3.07. The predicted molar refractivity (Wildman–Crippen MR) is 78.7 cm³/mol. The molecule has 5 nitrogen and oxygen atoms in total. The molecule has 0 saturated heterocycles. The fraction of sp³-hybridized carbons (Fsp3) is 0.267. The summed E-state index contributed by atoms with van der Waals surface area (Å²) in [6.07, 6.45) is 0.821. The number of amides is 1. The van der Waals surface area contributed by atoms with E-state index in [1.165, 1.54) is 24.3 Å². The molecule has 1 heterocycles. The molecule has 0 aliphatic heterocycles. The minimum Gasteiger partial charge on any atom is -0.455 e. The van der Waals surface area contributed by atoms with Gasteiger partial charge in [-0.05, 0) is 30.7 Å². The summed E-state index contributed by atoms with van der Waals surface area (Å²) in [5.74, 6) is -0.222. The van der Waals surface area contributed by atoms with E-state index in [0.29, 0.717) is 6.54 Å². The molecular weight excluding hydrogens is 290 g/mol. The first kappa shape index (κ1) is 15.3. The quantitative estimate of drug-likeness (QED) is 0.889. The van der Waals surface area contributed by atoms with Crippen molar-refractivity contribution in [2.24, 2.45) is 0 Å². The van der Waals surface area contributed by atoms with Crippen LogP contribution in [0, 0.1) is 0 Å². The number of hydrogen-bond donors (Lipinski definition) is 1. The lowest BCUT2D eigenvalue weighted by atomic mass is 10.4. The molecule has 0 saturated carbocycles. The van der Waals surface area contributed by atoms with Crippen molar-refractivity contribution in [2.75, 3.05) is 6.54 Å². The molecule has 0 spiro atoms. The van der Waals surface area contributed by atoms with Crippen LogP contribution in [0.2, 0.25) is 0 Å². The Bertz CT molecular complexity index is 704. The molecule has 112 valence electrons. The molecule has 1 aromatic carbocycles. The smallest absolute Gasteiger partial charge is 0.286 e. The van der Waals surface area contributed by atoms with Crippen molar-refractivity contribution < 1.29 is 17.6 Å². The highest BCUT2D eigenvalue weighted by Crippen LogP contribution is 2.18. The number of carbonyl (C=O) groups excluding carboxylic acids is 1. The summed E-state index contributed by atoms with van der Waals surface area (Å²) < 4.78 is 29.7. The molecule has 2 rings (SSSR count). The van der Waals surface area contributed by atoms with Crippen LogP contribution in [0.3, 0.4) is 0 Å². The van der Waals surface area contributed by atoms with E-state index in [-0.39, 0.29) is 28.1 Å². The van der Waals surface area contributed by atoms with Crippen LogP contribution < -0.4 is 5.32 Å². The van der Waals surface area contributed by atoms with Gasteiger partial charge in [0.05, 0.1) is 4.90 Å². The number of carbonyl (C=O) groups is 1. The van der Waals surface area contributed by atoms with Crippen molar-refractivity contribution in [3.8, 4) is 0 Å². The van der Waals surface area contributed by atoms with Crippen LogP contribution in [0.15, 0.2) is 51.8 Å². The number of furan rings is 1. The maximum Gasteiger partial charge on any atom is 0.286 e. The monoisotopic (exact) mass is 307 g/mol. The van der Waals surface area contributed by atoms with E-state index in [9.17, 15) is 13.2 Å². The Balaban J connectivity index is 2.11. The molecule has 2 aromatic rings. The van der Waals surface area contributed by atoms with Crippen molar-refractivity contribution in [1.82, 2.24) is 5.32 Å². The van der Waals surface area contributed by atoms with Crippen molar-refractivity contribution in [1.29, 1.82) is 0 Å². The molecule has 0 aliphatic rings. The zero-order valence-corrected chi connectivity index (χ0v) is 12.5. The number of hydrogen-bond acceptors (Lipinski definition) is 4. The zero-order chi connectivity index (χ0) is 15.3. The number of rotatable bonds is 6. The summed E-state index contributed by atoms with van der Waals surface area (Å²) in [5, 5.41) is 2.67. The van der Waals surface area contributed by atoms with Crippen LogP contribution in [0.5, 0.6) is 0 Å². The van der Waals surface area contributed by atoms with Gasteiger partial charge in [0.1, 0.15) is 11.5 Å². The van der Waals surface area contributed by atoms with Gasteiger partial charge in [-0.25, -0.2) is 8.42 Å². The topological polar surface area (TPSA) is 76.4 Å². The third kappa shape index (κ3) is 3.95. The van der Waals surface area contributed by atoms with E-state index in [4.69, 9.17) is 4.42 Å². The molecule has 1 N–H and O–H groups in total. The summed E-state index contributed by atoms with van der Waals surface area (Å²) in [7, 11) is -3.47. The predicted octanol–water partition coefficient (Wildman–Crippen LogP) is 2.39. The van der Waals surface area contributed by atoms with E-state index >= 15 is 0 Å². The SMILES string of the molecule is CCCNC(=O)c1ccc(CS(=O)(=O)c2ccccc2)o1. The molecule has 0 radical (unpaired) electrons. The van der Waals surface area contributed by atoms with E-state index < -0.39 is 9.84 Å². The van der Waals surface area contributed by atoms with Crippen LogP contribution in [0.4, 0.5) is 0 Å². The largest absolute Gasteiger partial charge is 0.455 e. The first-order valence-corrected chi connectivity index (χ1v) is 8.33. The van der Waals surface area contributed by atoms with E-state index in [1.54, 1.807) is 18.2 Å². The van der Waals surface area contributed by atoms with Gasteiger partial charge in [0, 0.05) is 6.54 Å².